The number of aryl methyl sites for hydroxylation is 3. The Kier molecular flexibility index (Phi) is 5.80. The van der Waals surface area contributed by atoms with Gasteiger partial charge in [-0.05, 0) is 50.1 Å². The first-order valence-corrected chi connectivity index (χ1v) is 11.1. The lowest BCUT2D eigenvalue weighted by Gasteiger charge is -2.36. The predicted molar refractivity (Wildman–Crippen MR) is 114 cm³/mol. The van der Waals surface area contributed by atoms with E-state index in [0.29, 0.717) is 6.42 Å². The van der Waals surface area contributed by atoms with E-state index in [0.717, 1.165) is 63.1 Å². The SMILES string of the molecule is Cc1cc(N2CCN(C(=O)CCc3sccc3C)CC2)nc(N2CCCC2)n1. The van der Waals surface area contributed by atoms with Crippen molar-refractivity contribution in [2.75, 3.05) is 49.1 Å². The molecule has 0 bridgehead atoms. The first-order chi connectivity index (χ1) is 13.6. The molecule has 2 aliphatic heterocycles. The lowest BCUT2D eigenvalue weighted by Crippen LogP contribution is -2.49. The van der Waals surface area contributed by atoms with E-state index in [4.69, 9.17) is 4.98 Å². The summed E-state index contributed by atoms with van der Waals surface area (Å²) < 4.78 is 0. The molecule has 0 N–H and O–H groups in total. The van der Waals surface area contributed by atoms with Crippen LogP contribution in [0.15, 0.2) is 17.5 Å². The van der Waals surface area contributed by atoms with Crippen LogP contribution in [0.2, 0.25) is 0 Å². The Morgan fingerprint density at radius 2 is 1.79 bits per heavy atom. The lowest BCUT2D eigenvalue weighted by molar-refractivity contribution is -0.131. The molecule has 2 aromatic heterocycles. The number of piperazine rings is 1. The van der Waals surface area contributed by atoms with Crippen molar-refractivity contribution in [2.24, 2.45) is 0 Å². The van der Waals surface area contributed by atoms with Gasteiger partial charge in [0.1, 0.15) is 5.82 Å². The van der Waals surface area contributed by atoms with E-state index in [2.05, 4.69) is 39.2 Å². The van der Waals surface area contributed by atoms with Gasteiger partial charge in [-0.25, -0.2) is 4.98 Å². The van der Waals surface area contributed by atoms with E-state index in [-0.39, 0.29) is 5.91 Å². The van der Waals surface area contributed by atoms with E-state index in [1.807, 2.05) is 11.8 Å². The molecule has 28 heavy (non-hydrogen) atoms. The van der Waals surface area contributed by atoms with Crippen molar-refractivity contribution in [3.05, 3.63) is 33.6 Å². The molecule has 0 unspecified atom stereocenters. The molecule has 0 atom stereocenters. The maximum Gasteiger partial charge on any atom is 0.227 e. The molecular weight excluding hydrogens is 370 g/mol. The highest BCUT2D eigenvalue weighted by atomic mass is 32.1. The fourth-order valence-corrected chi connectivity index (χ4v) is 4.89. The van der Waals surface area contributed by atoms with Crippen LogP contribution in [0.4, 0.5) is 11.8 Å². The van der Waals surface area contributed by atoms with Crippen LogP contribution in [0, 0.1) is 13.8 Å². The van der Waals surface area contributed by atoms with Crippen molar-refractivity contribution in [3.63, 3.8) is 0 Å². The summed E-state index contributed by atoms with van der Waals surface area (Å²) in [6, 6.07) is 4.19. The first-order valence-electron chi connectivity index (χ1n) is 10.3. The van der Waals surface area contributed by atoms with Crippen molar-refractivity contribution >= 4 is 29.0 Å². The van der Waals surface area contributed by atoms with Crippen LogP contribution in [0.5, 0.6) is 0 Å². The monoisotopic (exact) mass is 399 g/mol. The first kappa shape index (κ1) is 19.2. The molecule has 1 amide bonds. The number of rotatable bonds is 5. The average Bonchev–Trinajstić information content (AvgIpc) is 3.38. The number of carbonyl (C=O) groups excluding carboxylic acids is 1. The summed E-state index contributed by atoms with van der Waals surface area (Å²) in [5.41, 5.74) is 2.31. The third-order valence-electron chi connectivity index (χ3n) is 5.71. The van der Waals surface area contributed by atoms with Crippen LogP contribution < -0.4 is 9.80 Å². The van der Waals surface area contributed by atoms with Gasteiger partial charge in [-0.3, -0.25) is 4.79 Å². The molecule has 2 saturated heterocycles. The number of hydrogen-bond donors (Lipinski definition) is 0. The van der Waals surface area contributed by atoms with Gasteiger partial charge in [0.25, 0.3) is 0 Å². The Balaban J connectivity index is 1.33. The van der Waals surface area contributed by atoms with Crippen molar-refractivity contribution < 1.29 is 4.79 Å². The topological polar surface area (TPSA) is 52.6 Å². The fraction of sp³-hybridized carbons (Fsp3) is 0.571. The molecule has 0 spiro atoms. The van der Waals surface area contributed by atoms with Gasteiger partial charge in [-0.15, -0.1) is 11.3 Å². The molecule has 6 nitrogen and oxygen atoms in total. The third kappa shape index (κ3) is 4.29. The number of carbonyl (C=O) groups is 1. The number of thiophene rings is 1. The zero-order valence-corrected chi connectivity index (χ0v) is 17.7. The van der Waals surface area contributed by atoms with Gasteiger partial charge < -0.3 is 14.7 Å². The van der Waals surface area contributed by atoms with Crippen LogP contribution in [-0.2, 0) is 11.2 Å². The molecule has 0 saturated carbocycles. The molecule has 0 radical (unpaired) electrons. The van der Waals surface area contributed by atoms with Crippen molar-refractivity contribution in [1.29, 1.82) is 0 Å². The molecule has 2 aliphatic rings. The molecular formula is C21H29N5OS. The molecule has 2 aromatic rings. The Bertz CT molecular complexity index is 822. The van der Waals surface area contributed by atoms with E-state index >= 15 is 0 Å². The third-order valence-corrected chi connectivity index (χ3v) is 6.79. The van der Waals surface area contributed by atoms with Crippen molar-refractivity contribution in [3.8, 4) is 0 Å². The second-order valence-electron chi connectivity index (χ2n) is 7.76. The summed E-state index contributed by atoms with van der Waals surface area (Å²) in [6.07, 6.45) is 3.90. The van der Waals surface area contributed by atoms with E-state index < -0.39 is 0 Å². The van der Waals surface area contributed by atoms with E-state index in [1.54, 1.807) is 11.3 Å². The van der Waals surface area contributed by atoms with Crippen LogP contribution in [0.25, 0.3) is 0 Å². The van der Waals surface area contributed by atoms with Crippen LogP contribution in [-0.4, -0.2) is 60.0 Å². The molecule has 2 fully saturated rings. The maximum atomic E-state index is 12.6. The van der Waals surface area contributed by atoms with Gasteiger partial charge >= 0.3 is 0 Å². The van der Waals surface area contributed by atoms with Gasteiger partial charge in [0.2, 0.25) is 11.9 Å². The highest BCUT2D eigenvalue weighted by molar-refractivity contribution is 7.10. The summed E-state index contributed by atoms with van der Waals surface area (Å²) in [5.74, 6) is 2.12. The molecule has 4 rings (SSSR count). The van der Waals surface area contributed by atoms with E-state index in [1.165, 1.54) is 23.3 Å². The minimum Gasteiger partial charge on any atom is -0.353 e. The van der Waals surface area contributed by atoms with E-state index in [9.17, 15) is 4.79 Å². The summed E-state index contributed by atoms with van der Waals surface area (Å²) in [7, 11) is 0. The second-order valence-corrected chi connectivity index (χ2v) is 8.76. The summed E-state index contributed by atoms with van der Waals surface area (Å²) >= 11 is 1.75. The molecule has 150 valence electrons. The van der Waals surface area contributed by atoms with Gasteiger partial charge in [0.15, 0.2) is 0 Å². The molecule has 0 aromatic carbocycles. The summed E-state index contributed by atoms with van der Waals surface area (Å²) in [4.78, 5) is 30.0. The Morgan fingerprint density at radius 3 is 2.46 bits per heavy atom. The number of amides is 1. The Hall–Kier alpha value is -2.15. The van der Waals surface area contributed by atoms with Crippen molar-refractivity contribution in [2.45, 2.75) is 39.5 Å². The largest absolute Gasteiger partial charge is 0.353 e. The predicted octanol–water partition coefficient (Wildman–Crippen LogP) is 3.04. The smallest absolute Gasteiger partial charge is 0.227 e. The Morgan fingerprint density at radius 1 is 1.04 bits per heavy atom. The zero-order valence-electron chi connectivity index (χ0n) is 16.9. The number of aromatic nitrogens is 2. The van der Waals surface area contributed by atoms with Gasteiger partial charge in [-0.1, -0.05) is 0 Å². The normalized spacial score (nSPS) is 17.4. The lowest BCUT2D eigenvalue weighted by atomic mass is 10.2. The average molecular weight is 400 g/mol. The van der Waals surface area contributed by atoms with Gasteiger partial charge in [-0.2, -0.15) is 4.98 Å². The Labute approximate surface area is 171 Å². The number of anilines is 2. The van der Waals surface area contributed by atoms with Crippen LogP contribution in [0.1, 0.15) is 35.4 Å². The number of hydrogen-bond acceptors (Lipinski definition) is 6. The van der Waals surface area contributed by atoms with Gasteiger partial charge in [0, 0.05) is 62.3 Å². The second kappa shape index (κ2) is 8.47. The zero-order chi connectivity index (χ0) is 19.5. The van der Waals surface area contributed by atoms with Gasteiger partial charge in [0.05, 0.1) is 0 Å². The minimum atomic E-state index is 0.268. The van der Waals surface area contributed by atoms with Crippen molar-refractivity contribution in [1.82, 2.24) is 14.9 Å². The highest BCUT2D eigenvalue weighted by Gasteiger charge is 2.23. The summed E-state index contributed by atoms with van der Waals surface area (Å²) in [6.45, 7) is 9.46. The molecule has 4 heterocycles. The van der Waals surface area contributed by atoms with Crippen LogP contribution >= 0.6 is 11.3 Å². The van der Waals surface area contributed by atoms with Crippen LogP contribution in [0.3, 0.4) is 0 Å². The minimum absolute atomic E-state index is 0.268. The number of nitrogens with zero attached hydrogens (tertiary/aromatic N) is 5. The highest BCUT2D eigenvalue weighted by Crippen LogP contribution is 2.22. The fourth-order valence-electron chi connectivity index (χ4n) is 3.98. The summed E-state index contributed by atoms with van der Waals surface area (Å²) in [5, 5.41) is 2.11. The maximum absolute atomic E-state index is 12.6. The quantitative estimate of drug-likeness (QED) is 0.774. The standard InChI is InChI=1S/C21H29N5OS/c1-16-7-14-28-18(16)5-6-20(27)25-12-10-24(11-13-25)19-15-17(2)22-21(23-19)26-8-3-4-9-26/h7,14-15H,3-6,8-13H2,1-2H3. The molecule has 7 heteroatoms. The molecule has 0 aliphatic carbocycles.